The summed E-state index contributed by atoms with van der Waals surface area (Å²) in [5.41, 5.74) is 0.327. The van der Waals surface area contributed by atoms with Gasteiger partial charge >= 0.3 is 0 Å². The molecule has 0 spiro atoms. The van der Waals surface area contributed by atoms with E-state index in [9.17, 15) is 9.18 Å². The second-order valence-corrected chi connectivity index (χ2v) is 5.60. The molecule has 0 aliphatic carbocycles. The molecule has 1 unspecified atom stereocenters. The minimum Gasteiger partial charge on any atom is -0.373 e. The summed E-state index contributed by atoms with van der Waals surface area (Å²) in [6.45, 7) is 8.30. The number of Topliss-reactive ketones (excluding diaryl/α,β-unsaturated/α-hetero) is 1. The number of carbonyl (C=O) groups excluding carboxylic acids is 1. The zero-order valence-corrected chi connectivity index (χ0v) is 12.2. The molecule has 1 aliphatic heterocycles. The molecule has 2 rings (SSSR count). The zero-order valence-electron chi connectivity index (χ0n) is 12.2. The average molecular weight is 280 g/mol. The highest BCUT2D eigenvalue weighted by atomic mass is 19.1. The summed E-state index contributed by atoms with van der Waals surface area (Å²) >= 11 is 0. The smallest absolute Gasteiger partial charge is 0.185 e. The topological polar surface area (TPSA) is 42.4 Å². The van der Waals surface area contributed by atoms with Crippen molar-refractivity contribution in [2.24, 2.45) is 5.92 Å². The number of hydrogen-bond donors (Lipinski definition) is 0. The highest BCUT2D eigenvalue weighted by Gasteiger charge is 2.26. The number of ketones is 1. The van der Waals surface area contributed by atoms with E-state index >= 15 is 0 Å². The van der Waals surface area contributed by atoms with Crippen molar-refractivity contribution in [3.63, 3.8) is 0 Å². The number of ether oxygens (including phenoxy) is 1. The molecule has 2 heterocycles. The average Bonchev–Trinajstić information content (AvgIpc) is 2.37. The quantitative estimate of drug-likeness (QED) is 0.793. The van der Waals surface area contributed by atoms with Crippen LogP contribution in [0, 0.1) is 11.7 Å². The minimum absolute atomic E-state index is 0.0446. The van der Waals surface area contributed by atoms with Gasteiger partial charge in [0.1, 0.15) is 11.5 Å². The summed E-state index contributed by atoms with van der Waals surface area (Å²) in [6, 6.07) is 2.71. The van der Waals surface area contributed by atoms with Gasteiger partial charge in [-0.15, -0.1) is 0 Å². The summed E-state index contributed by atoms with van der Waals surface area (Å²) in [6.07, 6.45) is 1.45. The van der Waals surface area contributed by atoms with E-state index in [2.05, 4.69) is 9.88 Å². The van der Waals surface area contributed by atoms with Gasteiger partial charge in [-0.3, -0.25) is 14.7 Å². The summed E-state index contributed by atoms with van der Waals surface area (Å²) < 4.78 is 18.5. The standard InChI is InChI=1S/C15H21FN2O2/c1-10(7-18-8-11(2)20-12(3)9-18)15(19)14-5-4-13(16)6-17-14/h4-6,10-12H,7-9H2,1-3H3/t10?,11-,12+. The third kappa shape index (κ3) is 3.84. The van der Waals surface area contributed by atoms with E-state index < -0.39 is 5.82 Å². The lowest BCUT2D eigenvalue weighted by Gasteiger charge is -2.36. The van der Waals surface area contributed by atoms with Crippen molar-refractivity contribution in [3.05, 3.63) is 29.8 Å². The van der Waals surface area contributed by atoms with E-state index in [1.807, 2.05) is 20.8 Å². The fraction of sp³-hybridized carbons (Fsp3) is 0.600. The third-order valence-corrected chi connectivity index (χ3v) is 3.45. The number of aromatic nitrogens is 1. The summed E-state index contributed by atoms with van der Waals surface area (Å²) in [5, 5.41) is 0. The second-order valence-electron chi connectivity index (χ2n) is 5.60. The van der Waals surface area contributed by atoms with E-state index in [4.69, 9.17) is 4.74 Å². The van der Waals surface area contributed by atoms with Crippen LogP contribution < -0.4 is 0 Å². The van der Waals surface area contributed by atoms with Crippen LogP contribution in [-0.4, -0.2) is 47.5 Å². The predicted octanol–water partition coefficient (Wildman–Crippen LogP) is 2.15. The third-order valence-electron chi connectivity index (χ3n) is 3.45. The summed E-state index contributed by atoms with van der Waals surface area (Å²) in [7, 11) is 0. The Morgan fingerprint density at radius 1 is 1.45 bits per heavy atom. The van der Waals surface area contributed by atoms with Crippen LogP contribution >= 0.6 is 0 Å². The number of hydrogen-bond acceptors (Lipinski definition) is 4. The fourth-order valence-electron chi connectivity index (χ4n) is 2.68. The number of pyridine rings is 1. The SMILES string of the molecule is CC(CN1C[C@@H](C)O[C@@H](C)C1)C(=O)c1ccc(F)cn1. The first-order valence-electron chi connectivity index (χ1n) is 6.99. The monoisotopic (exact) mass is 280 g/mol. The molecule has 1 saturated heterocycles. The lowest BCUT2D eigenvalue weighted by Crippen LogP contribution is -2.47. The van der Waals surface area contributed by atoms with Crippen molar-refractivity contribution in [3.8, 4) is 0 Å². The van der Waals surface area contributed by atoms with Crippen LogP contribution in [0.3, 0.4) is 0 Å². The van der Waals surface area contributed by atoms with Crippen molar-refractivity contribution in [2.75, 3.05) is 19.6 Å². The van der Waals surface area contributed by atoms with Crippen LogP contribution in [0.5, 0.6) is 0 Å². The van der Waals surface area contributed by atoms with Crippen molar-refractivity contribution in [2.45, 2.75) is 33.0 Å². The van der Waals surface area contributed by atoms with Gasteiger partial charge in [0.15, 0.2) is 5.78 Å². The molecule has 0 aromatic carbocycles. The van der Waals surface area contributed by atoms with Crippen LogP contribution in [-0.2, 0) is 4.74 Å². The highest BCUT2D eigenvalue weighted by Crippen LogP contribution is 2.15. The lowest BCUT2D eigenvalue weighted by atomic mass is 10.0. The molecule has 1 aromatic heterocycles. The van der Waals surface area contributed by atoms with Gasteiger partial charge in [-0.25, -0.2) is 4.39 Å². The van der Waals surface area contributed by atoms with Gasteiger partial charge in [-0.05, 0) is 26.0 Å². The molecule has 20 heavy (non-hydrogen) atoms. The van der Waals surface area contributed by atoms with Gasteiger partial charge in [-0.1, -0.05) is 6.92 Å². The van der Waals surface area contributed by atoms with Gasteiger partial charge in [0.2, 0.25) is 0 Å². The van der Waals surface area contributed by atoms with Gasteiger partial charge < -0.3 is 4.74 Å². The first kappa shape index (κ1) is 15.1. The first-order valence-corrected chi connectivity index (χ1v) is 6.99. The summed E-state index contributed by atoms with van der Waals surface area (Å²) in [4.78, 5) is 18.3. The number of halogens is 1. The van der Waals surface area contributed by atoms with Crippen LogP contribution in [0.1, 0.15) is 31.3 Å². The zero-order chi connectivity index (χ0) is 14.7. The molecule has 0 bridgehead atoms. The molecule has 0 saturated carbocycles. The van der Waals surface area contributed by atoms with E-state index in [1.165, 1.54) is 12.1 Å². The maximum atomic E-state index is 12.8. The molecular weight excluding hydrogens is 259 g/mol. The Bertz CT molecular complexity index is 453. The van der Waals surface area contributed by atoms with Crippen molar-refractivity contribution in [1.82, 2.24) is 9.88 Å². The molecule has 0 amide bonds. The van der Waals surface area contributed by atoms with Crippen molar-refractivity contribution < 1.29 is 13.9 Å². The fourth-order valence-corrected chi connectivity index (χ4v) is 2.68. The minimum atomic E-state index is -0.426. The molecule has 5 heteroatoms. The van der Waals surface area contributed by atoms with Crippen molar-refractivity contribution in [1.29, 1.82) is 0 Å². The Morgan fingerprint density at radius 3 is 2.65 bits per heavy atom. The molecule has 110 valence electrons. The van der Waals surface area contributed by atoms with Crippen LogP contribution in [0.15, 0.2) is 18.3 Å². The molecule has 4 nitrogen and oxygen atoms in total. The van der Waals surface area contributed by atoms with E-state index in [1.54, 1.807) is 0 Å². The van der Waals surface area contributed by atoms with Gasteiger partial charge in [-0.2, -0.15) is 0 Å². The Hall–Kier alpha value is -1.33. The van der Waals surface area contributed by atoms with Crippen LogP contribution in [0.25, 0.3) is 0 Å². The molecule has 0 radical (unpaired) electrons. The first-order chi connectivity index (χ1) is 9.45. The number of morpholine rings is 1. The largest absolute Gasteiger partial charge is 0.373 e. The molecule has 1 fully saturated rings. The van der Waals surface area contributed by atoms with E-state index in [-0.39, 0.29) is 23.9 Å². The predicted molar refractivity (Wildman–Crippen MR) is 74.1 cm³/mol. The van der Waals surface area contributed by atoms with Gasteiger partial charge in [0, 0.05) is 25.6 Å². The number of rotatable bonds is 4. The Labute approximate surface area is 118 Å². The van der Waals surface area contributed by atoms with Crippen molar-refractivity contribution >= 4 is 5.78 Å². The Balaban J connectivity index is 1.95. The van der Waals surface area contributed by atoms with Gasteiger partial charge in [0.05, 0.1) is 18.4 Å². The Kier molecular flexibility index (Phi) is 4.83. The lowest BCUT2D eigenvalue weighted by molar-refractivity contribution is -0.0700. The van der Waals surface area contributed by atoms with E-state index in [0.29, 0.717) is 12.2 Å². The van der Waals surface area contributed by atoms with Gasteiger partial charge in [0.25, 0.3) is 0 Å². The maximum absolute atomic E-state index is 12.8. The molecule has 1 aromatic rings. The van der Waals surface area contributed by atoms with E-state index in [0.717, 1.165) is 19.3 Å². The summed E-state index contributed by atoms with van der Waals surface area (Å²) in [5.74, 6) is -0.632. The maximum Gasteiger partial charge on any atom is 0.185 e. The molecule has 3 atom stereocenters. The second kappa shape index (κ2) is 6.41. The molecule has 1 aliphatic rings. The van der Waals surface area contributed by atoms with Crippen LogP contribution in [0.2, 0.25) is 0 Å². The normalized spacial score (nSPS) is 25.4. The molecular formula is C15H21FN2O2. The number of nitrogens with zero attached hydrogens (tertiary/aromatic N) is 2. The van der Waals surface area contributed by atoms with Crippen LogP contribution in [0.4, 0.5) is 4.39 Å². The number of carbonyl (C=O) groups is 1. The molecule has 0 N–H and O–H groups in total. The highest BCUT2D eigenvalue weighted by molar-refractivity contribution is 5.95. The Morgan fingerprint density at radius 2 is 2.10 bits per heavy atom.